The van der Waals surface area contributed by atoms with Crippen molar-refractivity contribution in [3.05, 3.63) is 94.0 Å². The van der Waals surface area contributed by atoms with Gasteiger partial charge in [-0.3, -0.25) is 4.79 Å². The monoisotopic (exact) mass is 540 g/mol. The molecule has 2 amide bonds. The van der Waals surface area contributed by atoms with Crippen molar-refractivity contribution in [1.82, 2.24) is 5.32 Å². The summed E-state index contributed by atoms with van der Waals surface area (Å²) < 4.78 is 46.2. The number of benzene rings is 3. The smallest absolute Gasteiger partial charge is 0.416 e. The number of hydrogen-bond acceptors (Lipinski definition) is 3. The summed E-state index contributed by atoms with van der Waals surface area (Å²) in [6.07, 6.45) is -2.71. The van der Waals surface area contributed by atoms with Crippen molar-refractivity contribution in [2.75, 3.05) is 11.9 Å². The number of nitrogens with one attached hydrogen (secondary N) is 2. The third kappa shape index (κ3) is 8.87. The largest absolute Gasteiger partial charge is 0.491 e. The molecule has 0 radical (unpaired) electrons. The Morgan fingerprint density at radius 1 is 0.949 bits per heavy atom. The third-order valence-electron chi connectivity index (χ3n) is 6.29. The zero-order valence-corrected chi connectivity index (χ0v) is 22.7. The van der Waals surface area contributed by atoms with Gasteiger partial charge in [0.15, 0.2) is 5.78 Å². The number of ketones is 1. The highest BCUT2D eigenvalue weighted by Gasteiger charge is 2.33. The highest BCUT2D eigenvalue weighted by atomic mass is 19.4. The summed E-state index contributed by atoms with van der Waals surface area (Å²) in [5.41, 5.74) is 2.77. The van der Waals surface area contributed by atoms with Crippen LogP contribution in [0.2, 0.25) is 0 Å². The van der Waals surface area contributed by atoms with Gasteiger partial charge in [0.1, 0.15) is 5.75 Å². The number of carbonyl (C=O) groups excluding carboxylic acids is 2. The van der Waals surface area contributed by atoms with E-state index in [9.17, 15) is 22.8 Å². The van der Waals surface area contributed by atoms with E-state index in [1.54, 1.807) is 0 Å². The average Bonchev–Trinajstić information content (AvgIpc) is 2.88. The molecular formula is C31H35F3N2O3. The maximum atomic E-state index is 13.5. The molecule has 8 heteroatoms. The van der Waals surface area contributed by atoms with Gasteiger partial charge < -0.3 is 15.4 Å². The van der Waals surface area contributed by atoms with Crippen molar-refractivity contribution in [3.8, 4) is 5.75 Å². The third-order valence-corrected chi connectivity index (χ3v) is 6.29. The fraction of sp³-hybridized carbons (Fsp3) is 0.355. The van der Waals surface area contributed by atoms with Gasteiger partial charge in [-0.2, -0.15) is 13.2 Å². The minimum atomic E-state index is -4.55. The molecule has 0 fully saturated rings. The van der Waals surface area contributed by atoms with Crippen LogP contribution in [0.3, 0.4) is 0 Å². The molecule has 0 aromatic heterocycles. The van der Waals surface area contributed by atoms with E-state index in [4.69, 9.17) is 4.74 Å². The predicted molar refractivity (Wildman–Crippen MR) is 147 cm³/mol. The highest BCUT2D eigenvalue weighted by Crippen LogP contribution is 2.38. The van der Waals surface area contributed by atoms with E-state index >= 15 is 0 Å². The van der Waals surface area contributed by atoms with E-state index in [0.717, 1.165) is 29.2 Å². The van der Waals surface area contributed by atoms with Gasteiger partial charge in [0.2, 0.25) is 0 Å². The standard InChI is InChI=1S/C31H35F3N2O3/c1-5-28(37)25-8-6-7-24(17-25)16-22-9-11-23(12-10-22)19-35-30(38)36-27-18-26(31(32,33)34)21(4)15-29(27)39-14-13-20(2)3/h6-12,15,17-18,20H,5,13-14,16,19H2,1-4H3,(H2,35,36,38). The Kier molecular flexibility index (Phi) is 10.2. The first-order chi connectivity index (χ1) is 18.5. The summed E-state index contributed by atoms with van der Waals surface area (Å²) in [6, 6.07) is 16.8. The van der Waals surface area contributed by atoms with E-state index < -0.39 is 17.8 Å². The van der Waals surface area contributed by atoms with E-state index in [0.29, 0.717) is 30.9 Å². The highest BCUT2D eigenvalue weighted by molar-refractivity contribution is 5.96. The van der Waals surface area contributed by atoms with Gasteiger partial charge in [-0.15, -0.1) is 0 Å². The van der Waals surface area contributed by atoms with Crippen LogP contribution >= 0.6 is 0 Å². The molecule has 208 valence electrons. The Balaban J connectivity index is 1.63. The van der Waals surface area contributed by atoms with E-state index in [1.165, 1.54) is 13.0 Å². The maximum absolute atomic E-state index is 13.5. The predicted octanol–water partition coefficient (Wildman–Crippen LogP) is 7.94. The number of carbonyl (C=O) groups is 2. The number of Topliss-reactive ketones (excluding diaryl/α,β-unsaturated/α-hetero) is 1. The van der Waals surface area contributed by atoms with Gasteiger partial charge in [-0.1, -0.05) is 63.2 Å². The molecule has 0 aliphatic heterocycles. The molecule has 0 aliphatic carbocycles. The number of anilines is 1. The Bertz CT molecular complexity index is 1290. The Labute approximate surface area is 227 Å². The van der Waals surface area contributed by atoms with Gasteiger partial charge in [-0.25, -0.2) is 4.79 Å². The fourth-order valence-corrected chi connectivity index (χ4v) is 4.03. The number of aryl methyl sites for hydroxylation is 1. The number of amides is 2. The zero-order chi connectivity index (χ0) is 28.6. The maximum Gasteiger partial charge on any atom is 0.416 e. The zero-order valence-electron chi connectivity index (χ0n) is 22.7. The van der Waals surface area contributed by atoms with Gasteiger partial charge in [-0.05, 0) is 66.1 Å². The quantitative estimate of drug-likeness (QED) is 0.243. The lowest BCUT2D eigenvalue weighted by Crippen LogP contribution is -2.28. The summed E-state index contributed by atoms with van der Waals surface area (Å²) in [5.74, 6) is 0.665. The minimum absolute atomic E-state index is 0.0248. The summed E-state index contributed by atoms with van der Waals surface area (Å²) >= 11 is 0. The molecular weight excluding hydrogens is 505 g/mol. The van der Waals surface area contributed by atoms with E-state index in [2.05, 4.69) is 10.6 Å². The first kappa shape index (κ1) is 29.7. The van der Waals surface area contributed by atoms with Crippen molar-refractivity contribution in [2.24, 2.45) is 5.92 Å². The second-order valence-electron chi connectivity index (χ2n) is 9.97. The second kappa shape index (κ2) is 13.3. The lowest BCUT2D eigenvalue weighted by Gasteiger charge is -2.18. The molecule has 2 N–H and O–H groups in total. The number of ether oxygens (including phenoxy) is 1. The Hall–Kier alpha value is -3.81. The Morgan fingerprint density at radius 2 is 1.64 bits per heavy atom. The first-order valence-electron chi connectivity index (χ1n) is 13.1. The first-order valence-corrected chi connectivity index (χ1v) is 13.1. The number of alkyl halides is 3. The molecule has 0 saturated carbocycles. The Morgan fingerprint density at radius 3 is 2.28 bits per heavy atom. The molecule has 0 saturated heterocycles. The summed E-state index contributed by atoms with van der Waals surface area (Å²) in [7, 11) is 0. The van der Waals surface area contributed by atoms with E-state index in [1.807, 2.05) is 69.3 Å². The van der Waals surface area contributed by atoms with Crippen LogP contribution in [0.25, 0.3) is 0 Å². The molecule has 0 heterocycles. The van der Waals surface area contributed by atoms with Crippen molar-refractivity contribution in [2.45, 2.75) is 59.7 Å². The lowest BCUT2D eigenvalue weighted by molar-refractivity contribution is -0.138. The molecule has 5 nitrogen and oxygen atoms in total. The topological polar surface area (TPSA) is 67.4 Å². The molecule has 0 spiro atoms. The molecule has 3 aromatic carbocycles. The van der Waals surface area contributed by atoms with Crippen LogP contribution in [-0.2, 0) is 19.1 Å². The van der Waals surface area contributed by atoms with Crippen molar-refractivity contribution >= 4 is 17.5 Å². The molecule has 0 unspecified atom stereocenters. The number of halogens is 3. The minimum Gasteiger partial charge on any atom is -0.491 e. The van der Waals surface area contributed by atoms with Crippen LogP contribution in [0.5, 0.6) is 5.75 Å². The molecule has 0 bridgehead atoms. The average molecular weight is 541 g/mol. The molecule has 0 atom stereocenters. The van der Waals surface area contributed by atoms with Gasteiger partial charge in [0, 0.05) is 18.5 Å². The number of rotatable bonds is 11. The van der Waals surface area contributed by atoms with Gasteiger partial charge in [0.25, 0.3) is 0 Å². The lowest BCUT2D eigenvalue weighted by atomic mass is 10.00. The van der Waals surface area contributed by atoms with Crippen molar-refractivity contribution in [3.63, 3.8) is 0 Å². The van der Waals surface area contributed by atoms with Gasteiger partial charge >= 0.3 is 12.2 Å². The van der Waals surface area contributed by atoms with Crippen molar-refractivity contribution in [1.29, 1.82) is 0 Å². The van der Waals surface area contributed by atoms with Crippen LogP contribution in [0.4, 0.5) is 23.7 Å². The molecule has 3 rings (SSSR count). The van der Waals surface area contributed by atoms with Crippen LogP contribution < -0.4 is 15.4 Å². The second-order valence-corrected chi connectivity index (χ2v) is 9.97. The van der Waals surface area contributed by atoms with Crippen LogP contribution in [0, 0.1) is 12.8 Å². The van der Waals surface area contributed by atoms with Crippen LogP contribution in [0.1, 0.15) is 71.8 Å². The van der Waals surface area contributed by atoms with Crippen LogP contribution in [-0.4, -0.2) is 18.4 Å². The fourth-order valence-electron chi connectivity index (χ4n) is 4.03. The molecule has 0 aliphatic rings. The van der Waals surface area contributed by atoms with E-state index in [-0.39, 0.29) is 29.3 Å². The number of urea groups is 1. The molecule has 3 aromatic rings. The normalized spacial score (nSPS) is 11.4. The summed E-state index contributed by atoms with van der Waals surface area (Å²) in [4.78, 5) is 24.6. The molecule has 39 heavy (non-hydrogen) atoms. The summed E-state index contributed by atoms with van der Waals surface area (Å²) in [5, 5.41) is 5.21. The SMILES string of the molecule is CCC(=O)c1cccc(Cc2ccc(CNC(=O)Nc3cc(C(F)(F)F)c(C)cc3OCCC(C)C)cc2)c1. The van der Waals surface area contributed by atoms with Crippen LogP contribution in [0.15, 0.2) is 60.7 Å². The van der Waals surface area contributed by atoms with Crippen molar-refractivity contribution < 1.29 is 27.5 Å². The van der Waals surface area contributed by atoms with Gasteiger partial charge in [0.05, 0.1) is 17.9 Å². The number of hydrogen-bond donors (Lipinski definition) is 2. The summed E-state index contributed by atoms with van der Waals surface area (Å²) in [6.45, 7) is 7.76.